The monoisotopic (exact) mass is 235 g/mol. The minimum Gasteiger partial charge on any atom is -0.468 e. The largest absolute Gasteiger partial charge is 0.468 e. The summed E-state index contributed by atoms with van der Waals surface area (Å²) < 4.78 is 4.77. The number of nitrogens with one attached hydrogen (secondary N) is 1. The fourth-order valence-corrected chi connectivity index (χ4v) is 1.96. The normalized spacial score (nSPS) is 14.1. The maximum absolute atomic E-state index is 11.5. The van der Waals surface area contributed by atoms with E-state index < -0.39 is 0 Å². The zero-order chi connectivity index (χ0) is 12.8. The van der Waals surface area contributed by atoms with E-state index in [0.29, 0.717) is 0 Å². The van der Waals surface area contributed by atoms with Crippen molar-refractivity contribution in [3.8, 4) is 0 Å². The van der Waals surface area contributed by atoms with Crippen molar-refractivity contribution in [3.05, 3.63) is 35.4 Å². The Morgan fingerprint density at radius 1 is 1.41 bits per heavy atom. The van der Waals surface area contributed by atoms with E-state index in [9.17, 15) is 4.79 Å². The Labute approximate surface area is 103 Å². The molecule has 0 bridgehead atoms. The van der Waals surface area contributed by atoms with E-state index >= 15 is 0 Å². The molecule has 0 spiro atoms. The molecular weight excluding hydrogens is 214 g/mol. The Morgan fingerprint density at radius 3 is 2.59 bits per heavy atom. The molecule has 0 aliphatic carbocycles. The van der Waals surface area contributed by atoms with E-state index in [1.807, 2.05) is 19.1 Å². The number of benzene rings is 1. The molecule has 1 rings (SSSR count). The van der Waals surface area contributed by atoms with Crippen LogP contribution >= 0.6 is 0 Å². The number of carbonyl (C=O) groups excluding carboxylic acids is 1. The Morgan fingerprint density at radius 2 is 2.06 bits per heavy atom. The summed E-state index contributed by atoms with van der Waals surface area (Å²) in [7, 11) is 1.42. The fraction of sp³-hybridized carbons (Fsp3) is 0.500. The predicted octanol–water partition coefficient (Wildman–Crippen LogP) is 2.60. The Kier molecular flexibility index (Phi) is 5.16. The second-order valence-electron chi connectivity index (χ2n) is 4.23. The summed E-state index contributed by atoms with van der Waals surface area (Å²) in [5, 5.41) is 3.30. The van der Waals surface area contributed by atoms with Crippen LogP contribution in [-0.4, -0.2) is 19.1 Å². The molecule has 0 saturated heterocycles. The van der Waals surface area contributed by atoms with Gasteiger partial charge in [-0.15, -0.1) is 0 Å². The highest BCUT2D eigenvalue weighted by Crippen LogP contribution is 2.17. The van der Waals surface area contributed by atoms with Gasteiger partial charge < -0.3 is 4.74 Å². The Balaban J connectivity index is 2.74. The van der Waals surface area contributed by atoms with E-state index in [-0.39, 0.29) is 18.1 Å². The molecule has 0 saturated carbocycles. The lowest BCUT2D eigenvalue weighted by Gasteiger charge is -2.21. The van der Waals surface area contributed by atoms with Gasteiger partial charge >= 0.3 is 5.97 Å². The lowest BCUT2D eigenvalue weighted by molar-refractivity contribution is -0.143. The quantitative estimate of drug-likeness (QED) is 0.797. The summed E-state index contributed by atoms with van der Waals surface area (Å²) >= 11 is 0. The number of methoxy groups -OCH3 is 1. The Hall–Kier alpha value is -1.35. The van der Waals surface area contributed by atoms with Crippen LogP contribution < -0.4 is 5.32 Å². The first-order chi connectivity index (χ1) is 8.10. The van der Waals surface area contributed by atoms with Crippen molar-refractivity contribution in [2.45, 2.75) is 39.3 Å². The molecule has 1 N–H and O–H groups in total. The van der Waals surface area contributed by atoms with E-state index in [4.69, 9.17) is 4.74 Å². The zero-order valence-electron chi connectivity index (χ0n) is 11.0. The van der Waals surface area contributed by atoms with E-state index in [0.717, 1.165) is 6.42 Å². The van der Waals surface area contributed by atoms with Crippen LogP contribution in [0, 0.1) is 6.92 Å². The van der Waals surface area contributed by atoms with Gasteiger partial charge in [-0.2, -0.15) is 0 Å². The SMILES string of the molecule is CCC(N[C@@H](C)c1ccccc1C)C(=O)OC. The molecule has 1 aromatic carbocycles. The van der Waals surface area contributed by atoms with Crippen molar-refractivity contribution in [1.29, 1.82) is 0 Å². The predicted molar refractivity (Wildman–Crippen MR) is 68.8 cm³/mol. The van der Waals surface area contributed by atoms with E-state index in [2.05, 4.69) is 31.3 Å². The summed E-state index contributed by atoms with van der Waals surface area (Å²) in [6.45, 7) is 6.11. The molecule has 0 heterocycles. The standard InChI is InChI=1S/C14H21NO2/c1-5-13(14(16)17-4)15-11(3)12-9-7-6-8-10(12)2/h6-9,11,13,15H,5H2,1-4H3/t11-,13?/m0/s1. The highest BCUT2D eigenvalue weighted by atomic mass is 16.5. The van der Waals surface area contributed by atoms with Gasteiger partial charge in [0.05, 0.1) is 7.11 Å². The number of esters is 1. The molecule has 0 aromatic heterocycles. The first-order valence-corrected chi connectivity index (χ1v) is 5.99. The van der Waals surface area contributed by atoms with Crippen molar-refractivity contribution >= 4 is 5.97 Å². The van der Waals surface area contributed by atoms with Crippen molar-refractivity contribution < 1.29 is 9.53 Å². The van der Waals surface area contributed by atoms with Gasteiger partial charge in [-0.05, 0) is 31.4 Å². The van der Waals surface area contributed by atoms with Gasteiger partial charge in [-0.25, -0.2) is 0 Å². The van der Waals surface area contributed by atoms with E-state index in [1.54, 1.807) is 0 Å². The van der Waals surface area contributed by atoms with Crippen LogP contribution in [0.25, 0.3) is 0 Å². The average Bonchev–Trinajstić information content (AvgIpc) is 2.35. The summed E-state index contributed by atoms with van der Waals surface area (Å²) in [4.78, 5) is 11.5. The van der Waals surface area contributed by atoms with Crippen molar-refractivity contribution in [3.63, 3.8) is 0 Å². The molecule has 94 valence electrons. The van der Waals surface area contributed by atoms with Crippen LogP contribution in [0.5, 0.6) is 0 Å². The fourth-order valence-electron chi connectivity index (χ4n) is 1.96. The highest BCUT2D eigenvalue weighted by molar-refractivity contribution is 5.75. The molecule has 2 atom stereocenters. The van der Waals surface area contributed by atoms with Gasteiger partial charge in [0.1, 0.15) is 6.04 Å². The third-order valence-electron chi connectivity index (χ3n) is 3.00. The minimum absolute atomic E-state index is 0.139. The molecule has 1 unspecified atom stereocenters. The molecule has 0 amide bonds. The summed E-state index contributed by atoms with van der Waals surface area (Å²) in [5.74, 6) is -0.201. The topological polar surface area (TPSA) is 38.3 Å². The zero-order valence-corrected chi connectivity index (χ0v) is 11.0. The highest BCUT2D eigenvalue weighted by Gasteiger charge is 2.20. The molecule has 3 heteroatoms. The molecular formula is C14H21NO2. The number of hydrogen-bond donors (Lipinski definition) is 1. The Bertz CT molecular complexity index is 376. The van der Waals surface area contributed by atoms with Gasteiger partial charge in [0.25, 0.3) is 0 Å². The smallest absolute Gasteiger partial charge is 0.322 e. The van der Waals surface area contributed by atoms with Crippen LogP contribution in [0.3, 0.4) is 0 Å². The maximum Gasteiger partial charge on any atom is 0.322 e. The summed E-state index contributed by atoms with van der Waals surface area (Å²) in [5.41, 5.74) is 2.45. The first kappa shape index (κ1) is 13.7. The molecule has 0 fully saturated rings. The average molecular weight is 235 g/mol. The van der Waals surface area contributed by atoms with Gasteiger partial charge in [0.2, 0.25) is 0 Å². The second kappa shape index (κ2) is 6.40. The number of hydrogen-bond acceptors (Lipinski definition) is 3. The molecule has 3 nitrogen and oxygen atoms in total. The van der Waals surface area contributed by atoms with E-state index in [1.165, 1.54) is 18.2 Å². The van der Waals surface area contributed by atoms with Crippen molar-refractivity contribution in [1.82, 2.24) is 5.32 Å². The van der Waals surface area contributed by atoms with Gasteiger partial charge in [0, 0.05) is 6.04 Å². The summed E-state index contributed by atoms with van der Waals surface area (Å²) in [6, 6.07) is 8.08. The van der Waals surface area contributed by atoms with Crippen molar-refractivity contribution in [2.24, 2.45) is 0 Å². The second-order valence-corrected chi connectivity index (χ2v) is 4.23. The third kappa shape index (κ3) is 3.56. The molecule has 17 heavy (non-hydrogen) atoms. The van der Waals surface area contributed by atoms with Gasteiger partial charge in [-0.1, -0.05) is 31.2 Å². The first-order valence-electron chi connectivity index (χ1n) is 5.99. The molecule has 0 radical (unpaired) electrons. The minimum atomic E-state index is -0.241. The molecule has 1 aromatic rings. The number of aryl methyl sites for hydroxylation is 1. The third-order valence-corrected chi connectivity index (χ3v) is 3.00. The molecule has 0 aliphatic heterocycles. The van der Waals surface area contributed by atoms with Crippen molar-refractivity contribution in [2.75, 3.05) is 7.11 Å². The number of ether oxygens (including phenoxy) is 1. The van der Waals surface area contributed by atoms with Gasteiger partial charge in [-0.3, -0.25) is 10.1 Å². The van der Waals surface area contributed by atoms with Crippen LogP contribution in [0.4, 0.5) is 0 Å². The maximum atomic E-state index is 11.5. The summed E-state index contributed by atoms with van der Waals surface area (Å²) in [6.07, 6.45) is 0.725. The lowest BCUT2D eigenvalue weighted by atomic mass is 10.0. The van der Waals surface area contributed by atoms with Crippen LogP contribution in [0.15, 0.2) is 24.3 Å². The van der Waals surface area contributed by atoms with Crippen LogP contribution in [0.1, 0.15) is 37.4 Å². The van der Waals surface area contributed by atoms with Crippen LogP contribution in [0.2, 0.25) is 0 Å². The number of rotatable bonds is 5. The number of carbonyl (C=O) groups is 1. The van der Waals surface area contributed by atoms with Crippen LogP contribution in [-0.2, 0) is 9.53 Å². The lowest BCUT2D eigenvalue weighted by Crippen LogP contribution is -2.38. The molecule has 0 aliphatic rings. The van der Waals surface area contributed by atoms with Gasteiger partial charge in [0.15, 0.2) is 0 Å².